The maximum atomic E-state index is 12.0. The van der Waals surface area contributed by atoms with Crippen molar-refractivity contribution < 1.29 is 5.11 Å². The maximum absolute atomic E-state index is 12.0. The number of thiazole rings is 1. The van der Waals surface area contributed by atoms with Gasteiger partial charge >= 0.3 is 0 Å². The summed E-state index contributed by atoms with van der Waals surface area (Å²) in [6.07, 6.45) is 0. The van der Waals surface area contributed by atoms with E-state index < -0.39 is 0 Å². The van der Waals surface area contributed by atoms with E-state index in [9.17, 15) is 9.90 Å². The second kappa shape index (κ2) is 5.30. The highest BCUT2D eigenvalue weighted by Crippen LogP contribution is 2.24. The van der Waals surface area contributed by atoms with Crippen LogP contribution in [0.4, 0.5) is 0 Å². The van der Waals surface area contributed by atoms with Crippen molar-refractivity contribution in [3.63, 3.8) is 0 Å². The van der Waals surface area contributed by atoms with Gasteiger partial charge in [0.25, 0.3) is 5.56 Å². The molecule has 0 spiro atoms. The Kier molecular flexibility index (Phi) is 3.50. The van der Waals surface area contributed by atoms with E-state index in [1.54, 1.807) is 34.4 Å². The number of hydrogen-bond donors (Lipinski definition) is 1. The Morgan fingerprint density at radius 3 is 2.85 bits per heavy atom. The lowest BCUT2D eigenvalue weighted by molar-refractivity contribution is 0.475. The first-order chi connectivity index (χ1) is 9.63. The SMILES string of the molecule is Cc1csc2nc(CSc3ccc(O)cc3)cc(=O)n12. The van der Waals surface area contributed by atoms with E-state index in [1.165, 1.54) is 11.3 Å². The lowest BCUT2D eigenvalue weighted by Gasteiger charge is -2.02. The van der Waals surface area contributed by atoms with Gasteiger partial charge in [0, 0.05) is 27.8 Å². The van der Waals surface area contributed by atoms with Crippen LogP contribution in [0, 0.1) is 6.92 Å². The van der Waals surface area contributed by atoms with Gasteiger partial charge < -0.3 is 5.11 Å². The highest BCUT2D eigenvalue weighted by Gasteiger charge is 2.06. The highest BCUT2D eigenvalue weighted by atomic mass is 32.2. The van der Waals surface area contributed by atoms with Crippen molar-refractivity contribution in [2.24, 2.45) is 0 Å². The van der Waals surface area contributed by atoms with Crippen molar-refractivity contribution in [1.82, 2.24) is 9.38 Å². The normalized spacial score (nSPS) is 11.1. The number of thioether (sulfide) groups is 1. The zero-order valence-electron chi connectivity index (χ0n) is 10.7. The number of rotatable bonds is 3. The standard InChI is InChI=1S/C14H12N2O2S2/c1-9-7-20-14-15-10(6-13(18)16(9)14)8-19-12-4-2-11(17)3-5-12/h2-7,17H,8H2,1H3. The summed E-state index contributed by atoms with van der Waals surface area (Å²) in [6.45, 7) is 1.90. The van der Waals surface area contributed by atoms with Crippen molar-refractivity contribution in [3.05, 3.63) is 57.5 Å². The lowest BCUT2D eigenvalue weighted by Crippen LogP contribution is -2.14. The maximum Gasteiger partial charge on any atom is 0.258 e. The lowest BCUT2D eigenvalue weighted by atomic mass is 10.3. The minimum Gasteiger partial charge on any atom is -0.508 e. The first-order valence-corrected chi connectivity index (χ1v) is 7.88. The van der Waals surface area contributed by atoms with Gasteiger partial charge in [0.2, 0.25) is 0 Å². The van der Waals surface area contributed by atoms with Gasteiger partial charge in [-0.1, -0.05) is 0 Å². The van der Waals surface area contributed by atoms with Crippen LogP contribution in [0.1, 0.15) is 11.4 Å². The van der Waals surface area contributed by atoms with Crippen LogP contribution in [0.5, 0.6) is 5.75 Å². The predicted molar refractivity (Wildman–Crippen MR) is 81.7 cm³/mol. The molecule has 1 N–H and O–H groups in total. The number of aryl methyl sites for hydroxylation is 1. The molecule has 0 aliphatic heterocycles. The number of hydrogen-bond acceptors (Lipinski definition) is 5. The summed E-state index contributed by atoms with van der Waals surface area (Å²) in [4.78, 5) is 18.3. The van der Waals surface area contributed by atoms with Gasteiger partial charge in [0.1, 0.15) is 5.75 Å². The topological polar surface area (TPSA) is 54.6 Å². The van der Waals surface area contributed by atoms with E-state index in [1.807, 2.05) is 24.4 Å². The Labute approximate surface area is 123 Å². The van der Waals surface area contributed by atoms with Crippen LogP contribution >= 0.6 is 23.1 Å². The molecule has 0 bridgehead atoms. The van der Waals surface area contributed by atoms with Crippen LogP contribution in [0.15, 0.2) is 45.4 Å². The molecule has 0 saturated heterocycles. The van der Waals surface area contributed by atoms with Crippen molar-refractivity contribution in [1.29, 1.82) is 0 Å². The summed E-state index contributed by atoms with van der Waals surface area (Å²) in [5, 5.41) is 11.2. The largest absolute Gasteiger partial charge is 0.508 e. The molecular weight excluding hydrogens is 292 g/mol. The molecule has 0 atom stereocenters. The zero-order chi connectivity index (χ0) is 14.1. The van der Waals surface area contributed by atoms with Gasteiger partial charge in [-0.25, -0.2) is 4.98 Å². The molecule has 4 nitrogen and oxygen atoms in total. The van der Waals surface area contributed by atoms with Crippen molar-refractivity contribution in [2.45, 2.75) is 17.6 Å². The number of fused-ring (bicyclic) bond motifs is 1. The van der Waals surface area contributed by atoms with E-state index in [-0.39, 0.29) is 11.3 Å². The van der Waals surface area contributed by atoms with Crippen molar-refractivity contribution in [3.8, 4) is 5.75 Å². The van der Waals surface area contributed by atoms with Crippen molar-refractivity contribution >= 4 is 28.1 Å². The van der Waals surface area contributed by atoms with E-state index in [0.717, 1.165) is 21.2 Å². The van der Waals surface area contributed by atoms with E-state index in [0.29, 0.717) is 5.75 Å². The van der Waals surface area contributed by atoms with Gasteiger partial charge in [-0.05, 0) is 31.2 Å². The predicted octanol–water partition coefficient (Wildman–Crippen LogP) is 3.06. The van der Waals surface area contributed by atoms with Crippen LogP contribution in [0.25, 0.3) is 4.96 Å². The summed E-state index contributed by atoms with van der Waals surface area (Å²) < 4.78 is 1.62. The molecule has 0 aliphatic rings. The molecular formula is C14H12N2O2S2. The van der Waals surface area contributed by atoms with Crippen LogP contribution in [0.3, 0.4) is 0 Å². The summed E-state index contributed by atoms with van der Waals surface area (Å²) in [6, 6.07) is 8.58. The average molecular weight is 304 g/mol. The molecule has 6 heteroatoms. The monoisotopic (exact) mass is 304 g/mol. The fraction of sp³-hybridized carbons (Fsp3) is 0.143. The second-order valence-electron chi connectivity index (χ2n) is 4.36. The summed E-state index contributed by atoms with van der Waals surface area (Å²) in [5.74, 6) is 0.884. The smallest absolute Gasteiger partial charge is 0.258 e. The molecule has 0 saturated carbocycles. The number of phenolic OH excluding ortho intramolecular Hbond substituents is 1. The van der Waals surface area contributed by atoms with E-state index in [2.05, 4.69) is 4.98 Å². The number of aromatic nitrogens is 2. The second-order valence-corrected chi connectivity index (χ2v) is 6.25. The molecule has 2 heterocycles. The average Bonchev–Trinajstić information content (AvgIpc) is 2.80. The third-order valence-electron chi connectivity index (χ3n) is 2.85. The third-order valence-corrected chi connectivity index (χ3v) is 4.84. The van der Waals surface area contributed by atoms with E-state index in [4.69, 9.17) is 0 Å². The highest BCUT2D eigenvalue weighted by molar-refractivity contribution is 7.98. The first-order valence-electron chi connectivity index (χ1n) is 6.02. The Bertz CT molecular complexity index is 806. The quantitative estimate of drug-likeness (QED) is 0.756. The minimum absolute atomic E-state index is 0.0324. The zero-order valence-corrected chi connectivity index (χ0v) is 12.4. The molecule has 0 fully saturated rings. The summed E-state index contributed by atoms with van der Waals surface area (Å²) in [5.41, 5.74) is 1.66. The molecule has 0 radical (unpaired) electrons. The van der Waals surface area contributed by atoms with Gasteiger partial charge in [-0.15, -0.1) is 23.1 Å². The Hall–Kier alpha value is -1.79. The van der Waals surface area contributed by atoms with Gasteiger partial charge in [-0.3, -0.25) is 9.20 Å². The number of nitrogens with zero attached hydrogens (tertiary/aromatic N) is 2. The van der Waals surface area contributed by atoms with Gasteiger partial charge in [0.15, 0.2) is 4.96 Å². The first kappa shape index (κ1) is 13.2. The molecule has 0 amide bonds. The minimum atomic E-state index is -0.0324. The molecule has 1 aromatic carbocycles. The molecule has 3 rings (SSSR count). The summed E-state index contributed by atoms with van der Waals surface area (Å²) in [7, 11) is 0. The van der Waals surface area contributed by atoms with Crippen LogP contribution in [0.2, 0.25) is 0 Å². The Balaban J connectivity index is 1.84. The van der Waals surface area contributed by atoms with Crippen LogP contribution < -0.4 is 5.56 Å². The number of phenols is 1. The molecule has 2 aromatic heterocycles. The van der Waals surface area contributed by atoms with Crippen LogP contribution in [-0.2, 0) is 5.75 Å². The molecule has 102 valence electrons. The van der Waals surface area contributed by atoms with E-state index >= 15 is 0 Å². The summed E-state index contributed by atoms with van der Waals surface area (Å²) >= 11 is 3.06. The molecule has 0 unspecified atom stereocenters. The third kappa shape index (κ3) is 2.57. The number of benzene rings is 1. The fourth-order valence-corrected chi connectivity index (χ4v) is 3.56. The molecule has 3 aromatic rings. The number of aromatic hydroxyl groups is 1. The van der Waals surface area contributed by atoms with Crippen molar-refractivity contribution in [2.75, 3.05) is 0 Å². The Morgan fingerprint density at radius 2 is 2.10 bits per heavy atom. The molecule has 20 heavy (non-hydrogen) atoms. The Morgan fingerprint density at radius 1 is 1.35 bits per heavy atom. The van der Waals surface area contributed by atoms with Crippen LogP contribution in [-0.4, -0.2) is 14.5 Å². The molecule has 0 aliphatic carbocycles. The van der Waals surface area contributed by atoms with Gasteiger partial charge in [-0.2, -0.15) is 0 Å². The van der Waals surface area contributed by atoms with Gasteiger partial charge in [0.05, 0.1) is 5.69 Å². The fourth-order valence-electron chi connectivity index (χ4n) is 1.87.